The van der Waals surface area contributed by atoms with Gasteiger partial charge in [0.15, 0.2) is 0 Å². The molecule has 1 rings (SSSR count). The highest BCUT2D eigenvalue weighted by Crippen LogP contribution is 2.25. The zero-order valence-corrected chi connectivity index (χ0v) is 12.3. The van der Waals surface area contributed by atoms with Gasteiger partial charge in [-0.3, -0.25) is 0 Å². The van der Waals surface area contributed by atoms with Crippen molar-refractivity contribution in [2.24, 2.45) is 5.73 Å². The second kappa shape index (κ2) is 5.86. The van der Waals surface area contributed by atoms with Gasteiger partial charge in [-0.15, -0.1) is 0 Å². The number of hydrogen-bond donors (Lipinski definition) is 1. The Morgan fingerprint density at radius 3 is 2.33 bits per heavy atom. The summed E-state index contributed by atoms with van der Waals surface area (Å²) in [5.41, 5.74) is 5.46. The molecule has 6 heteroatoms. The predicted molar refractivity (Wildman–Crippen MR) is 70.7 cm³/mol. The van der Waals surface area contributed by atoms with Gasteiger partial charge in [0, 0.05) is 19.2 Å². The van der Waals surface area contributed by atoms with E-state index >= 15 is 0 Å². The molecule has 0 saturated carbocycles. The van der Waals surface area contributed by atoms with Crippen molar-refractivity contribution in [1.82, 2.24) is 4.31 Å². The van der Waals surface area contributed by atoms with Crippen LogP contribution in [0.15, 0.2) is 15.4 Å². The van der Waals surface area contributed by atoms with Crippen molar-refractivity contribution in [2.75, 3.05) is 7.05 Å². The lowest BCUT2D eigenvalue weighted by atomic mass is 10.2. The molecule has 1 aromatic rings. The van der Waals surface area contributed by atoms with Crippen molar-refractivity contribution in [3.63, 3.8) is 0 Å². The van der Waals surface area contributed by atoms with Gasteiger partial charge in [0.05, 0.1) is 6.54 Å². The molecular weight excluding hydrogens is 252 g/mol. The highest BCUT2D eigenvalue weighted by atomic mass is 32.2. The van der Waals surface area contributed by atoms with Gasteiger partial charge in [-0.25, -0.2) is 8.42 Å². The molecule has 0 aromatic carbocycles. The summed E-state index contributed by atoms with van der Waals surface area (Å²) in [6.07, 6.45) is 1.57. The van der Waals surface area contributed by atoms with Crippen LogP contribution in [0.4, 0.5) is 0 Å². The molecular formula is C12H22N2O3S. The maximum atomic E-state index is 12.5. The van der Waals surface area contributed by atoms with Crippen LogP contribution in [0.25, 0.3) is 0 Å². The molecule has 0 saturated heterocycles. The van der Waals surface area contributed by atoms with E-state index in [2.05, 4.69) is 0 Å². The molecule has 0 atom stereocenters. The SMILES string of the molecule is CCC(CC)N(C)S(=O)(=O)c1cc(CN)oc1C. The molecule has 0 aliphatic heterocycles. The third-order valence-corrected chi connectivity index (χ3v) is 5.26. The first-order valence-electron chi connectivity index (χ1n) is 6.15. The van der Waals surface area contributed by atoms with Crippen LogP contribution in [0.5, 0.6) is 0 Å². The molecule has 1 heterocycles. The molecule has 5 nitrogen and oxygen atoms in total. The van der Waals surface area contributed by atoms with Crippen LogP contribution in [0.1, 0.15) is 38.2 Å². The van der Waals surface area contributed by atoms with Crippen molar-refractivity contribution >= 4 is 10.0 Å². The van der Waals surface area contributed by atoms with E-state index in [1.807, 2.05) is 13.8 Å². The first kappa shape index (κ1) is 15.2. The van der Waals surface area contributed by atoms with Crippen molar-refractivity contribution < 1.29 is 12.8 Å². The van der Waals surface area contributed by atoms with Crippen LogP contribution in [0, 0.1) is 6.92 Å². The molecule has 1 aromatic heterocycles. The zero-order valence-electron chi connectivity index (χ0n) is 11.4. The molecule has 0 aliphatic carbocycles. The Hall–Kier alpha value is -0.850. The maximum Gasteiger partial charge on any atom is 0.246 e. The first-order valence-corrected chi connectivity index (χ1v) is 7.59. The summed E-state index contributed by atoms with van der Waals surface area (Å²) in [6, 6.07) is 1.52. The highest BCUT2D eigenvalue weighted by molar-refractivity contribution is 7.89. The van der Waals surface area contributed by atoms with Gasteiger partial charge in [-0.05, 0) is 19.8 Å². The summed E-state index contributed by atoms with van der Waals surface area (Å²) in [5.74, 6) is 0.886. The fourth-order valence-corrected chi connectivity index (χ4v) is 3.72. The summed E-state index contributed by atoms with van der Waals surface area (Å²) >= 11 is 0. The maximum absolute atomic E-state index is 12.5. The average Bonchev–Trinajstić information content (AvgIpc) is 2.72. The smallest absolute Gasteiger partial charge is 0.246 e. The Morgan fingerprint density at radius 2 is 1.94 bits per heavy atom. The molecule has 0 unspecified atom stereocenters. The molecule has 0 fully saturated rings. The molecule has 18 heavy (non-hydrogen) atoms. The van der Waals surface area contributed by atoms with Gasteiger partial charge in [0.2, 0.25) is 10.0 Å². The van der Waals surface area contributed by atoms with E-state index in [1.165, 1.54) is 10.4 Å². The van der Waals surface area contributed by atoms with Crippen molar-refractivity contribution in [2.45, 2.75) is 51.1 Å². The van der Waals surface area contributed by atoms with E-state index in [0.29, 0.717) is 11.5 Å². The van der Waals surface area contributed by atoms with Gasteiger partial charge >= 0.3 is 0 Å². The highest BCUT2D eigenvalue weighted by Gasteiger charge is 2.29. The normalized spacial score (nSPS) is 12.6. The molecule has 0 radical (unpaired) electrons. The minimum Gasteiger partial charge on any atom is -0.464 e. The predicted octanol–water partition coefficient (Wildman–Crippen LogP) is 1.86. The second-order valence-corrected chi connectivity index (χ2v) is 6.29. The quantitative estimate of drug-likeness (QED) is 0.859. The number of hydrogen-bond acceptors (Lipinski definition) is 4. The lowest BCUT2D eigenvalue weighted by Crippen LogP contribution is -2.36. The van der Waals surface area contributed by atoms with Gasteiger partial charge < -0.3 is 10.2 Å². The first-order chi connectivity index (χ1) is 8.38. The Labute approximate surface area is 109 Å². The van der Waals surface area contributed by atoms with E-state index in [4.69, 9.17) is 10.2 Å². The summed E-state index contributed by atoms with van der Waals surface area (Å²) in [4.78, 5) is 0.220. The number of furan rings is 1. The summed E-state index contributed by atoms with van der Waals surface area (Å²) in [7, 11) is -1.89. The van der Waals surface area contributed by atoms with Crippen LogP contribution < -0.4 is 5.73 Å². The molecule has 104 valence electrons. The largest absolute Gasteiger partial charge is 0.464 e. The van der Waals surface area contributed by atoms with Crippen LogP contribution in [0.2, 0.25) is 0 Å². The van der Waals surface area contributed by atoms with E-state index < -0.39 is 10.0 Å². The molecule has 0 amide bonds. The van der Waals surface area contributed by atoms with E-state index in [9.17, 15) is 8.42 Å². The minimum atomic E-state index is -3.50. The van der Waals surface area contributed by atoms with Crippen LogP contribution in [-0.2, 0) is 16.6 Å². The Balaban J connectivity index is 3.16. The van der Waals surface area contributed by atoms with E-state index in [0.717, 1.165) is 12.8 Å². The molecule has 2 N–H and O–H groups in total. The molecule has 0 aliphatic rings. The Kier molecular flexibility index (Phi) is 4.95. The van der Waals surface area contributed by atoms with Crippen LogP contribution >= 0.6 is 0 Å². The monoisotopic (exact) mass is 274 g/mol. The number of nitrogens with zero attached hydrogens (tertiary/aromatic N) is 1. The number of sulfonamides is 1. The van der Waals surface area contributed by atoms with Gasteiger partial charge in [-0.1, -0.05) is 13.8 Å². The average molecular weight is 274 g/mol. The molecule has 0 spiro atoms. The topological polar surface area (TPSA) is 76.5 Å². The number of aryl methyl sites for hydroxylation is 1. The Morgan fingerprint density at radius 1 is 1.39 bits per heavy atom. The fraction of sp³-hybridized carbons (Fsp3) is 0.667. The second-order valence-electron chi connectivity index (χ2n) is 4.33. The van der Waals surface area contributed by atoms with Crippen LogP contribution in [-0.4, -0.2) is 25.8 Å². The van der Waals surface area contributed by atoms with Gasteiger partial charge in [0.1, 0.15) is 16.4 Å². The lowest BCUT2D eigenvalue weighted by Gasteiger charge is -2.25. The number of nitrogens with two attached hydrogens (primary N) is 1. The standard InChI is InChI=1S/C12H22N2O3S/c1-5-10(6-2)14(4)18(15,16)12-7-11(8-13)17-9(12)3/h7,10H,5-6,8,13H2,1-4H3. The zero-order chi connectivity index (χ0) is 13.9. The van der Waals surface area contributed by atoms with Gasteiger partial charge in [-0.2, -0.15) is 4.31 Å². The molecule has 0 bridgehead atoms. The Bertz CT molecular complexity index is 489. The number of rotatable bonds is 6. The van der Waals surface area contributed by atoms with Crippen molar-refractivity contribution in [1.29, 1.82) is 0 Å². The van der Waals surface area contributed by atoms with Gasteiger partial charge in [0.25, 0.3) is 0 Å². The van der Waals surface area contributed by atoms with Crippen LogP contribution in [0.3, 0.4) is 0 Å². The van der Waals surface area contributed by atoms with E-state index in [1.54, 1.807) is 14.0 Å². The fourth-order valence-electron chi connectivity index (χ4n) is 2.04. The van der Waals surface area contributed by atoms with Crippen molar-refractivity contribution in [3.05, 3.63) is 17.6 Å². The summed E-state index contributed by atoms with van der Waals surface area (Å²) in [6.45, 7) is 5.80. The third-order valence-electron chi connectivity index (χ3n) is 3.24. The third kappa shape index (κ3) is 2.76. The summed E-state index contributed by atoms with van der Waals surface area (Å²) in [5, 5.41) is 0. The summed E-state index contributed by atoms with van der Waals surface area (Å²) < 4.78 is 31.7. The van der Waals surface area contributed by atoms with E-state index in [-0.39, 0.29) is 17.5 Å². The minimum absolute atomic E-state index is 0.00521. The lowest BCUT2D eigenvalue weighted by molar-refractivity contribution is 0.349. The van der Waals surface area contributed by atoms with Crippen molar-refractivity contribution in [3.8, 4) is 0 Å².